The van der Waals surface area contributed by atoms with E-state index in [1.807, 2.05) is 0 Å². The molecule has 0 aliphatic rings. The van der Waals surface area contributed by atoms with E-state index in [1.165, 1.54) is 27.7 Å². The minimum absolute atomic E-state index is 0.324. The summed E-state index contributed by atoms with van der Waals surface area (Å²) in [4.78, 5) is 25.2. The maximum absolute atomic E-state index is 14.0. The molecule has 0 radical (unpaired) electrons. The summed E-state index contributed by atoms with van der Waals surface area (Å²) in [7, 11) is -6.48. The third-order valence-electron chi connectivity index (χ3n) is 4.35. The van der Waals surface area contributed by atoms with Crippen molar-refractivity contribution in [2.24, 2.45) is 0 Å². The average molecular weight is 533 g/mol. The molecule has 1 unspecified atom stereocenters. The highest BCUT2D eigenvalue weighted by molar-refractivity contribution is 7.87. The first-order valence-electron chi connectivity index (χ1n) is 9.70. The van der Waals surface area contributed by atoms with Crippen molar-refractivity contribution in [3.8, 4) is 0 Å². The lowest BCUT2D eigenvalue weighted by Crippen LogP contribution is -2.64. The van der Waals surface area contributed by atoms with Crippen LogP contribution in [0.25, 0.3) is 0 Å². The molecule has 8 nitrogen and oxygen atoms in total. The Kier molecular flexibility index (Phi) is 10.6. The van der Waals surface area contributed by atoms with Gasteiger partial charge in [0.05, 0.1) is 6.61 Å². The van der Waals surface area contributed by atoms with Gasteiger partial charge in [0.2, 0.25) is 0 Å². The van der Waals surface area contributed by atoms with Crippen LogP contribution in [0.1, 0.15) is 47.0 Å². The smallest absolute Gasteiger partial charge is 0.412 e. The van der Waals surface area contributed by atoms with Crippen LogP contribution in [0.2, 0.25) is 0 Å². The number of hydrogen-bond donors (Lipinski definition) is 1. The van der Waals surface area contributed by atoms with Crippen LogP contribution in [0.3, 0.4) is 0 Å². The molecule has 0 spiro atoms. The fraction of sp³-hybridized carbons (Fsp3) is 0.778. The van der Waals surface area contributed by atoms with Crippen LogP contribution in [0.4, 0.5) is 30.7 Å². The number of ether oxygens (including phenoxy) is 2. The highest BCUT2D eigenvalue weighted by Crippen LogP contribution is 2.42. The molecule has 16 heteroatoms. The van der Waals surface area contributed by atoms with Gasteiger partial charge in [0.1, 0.15) is 0 Å². The number of nitrogens with zero attached hydrogens (tertiary/aromatic N) is 1. The molecule has 0 aliphatic heterocycles. The Bertz CT molecular complexity index is 836. The van der Waals surface area contributed by atoms with Crippen molar-refractivity contribution >= 4 is 22.0 Å². The van der Waals surface area contributed by atoms with E-state index in [4.69, 9.17) is 4.55 Å². The average Bonchev–Trinajstić information content (AvgIpc) is 2.63. The van der Waals surface area contributed by atoms with E-state index in [0.29, 0.717) is 11.0 Å². The van der Waals surface area contributed by atoms with Gasteiger partial charge in [0.25, 0.3) is 0 Å². The van der Waals surface area contributed by atoms with Gasteiger partial charge in [-0.15, -0.1) is 0 Å². The van der Waals surface area contributed by atoms with E-state index < -0.39 is 83.1 Å². The van der Waals surface area contributed by atoms with Crippen molar-refractivity contribution in [2.75, 3.05) is 6.61 Å². The van der Waals surface area contributed by atoms with E-state index in [9.17, 15) is 48.7 Å². The van der Waals surface area contributed by atoms with Crippen molar-refractivity contribution in [3.05, 3.63) is 12.7 Å². The van der Waals surface area contributed by atoms with Gasteiger partial charge in [-0.1, -0.05) is 6.58 Å². The highest BCUT2D eigenvalue weighted by atomic mass is 32.2. The first-order chi connectivity index (χ1) is 15.1. The number of carbonyl (C=O) groups is 2. The maximum atomic E-state index is 14.0. The Morgan fingerprint density at radius 1 is 1.00 bits per heavy atom. The first-order valence-corrected chi connectivity index (χ1v) is 11.1. The third-order valence-corrected chi connectivity index (χ3v) is 5.30. The van der Waals surface area contributed by atoms with Gasteiger partial charge in [0, 0.05) is 24.6 Å². The second kappa shape index (κ2) is 11.2. The Morgan fingerprint density at radius 2 is 1.47 bits per heavy atom. The van der Waals surface area contributed by atoms with Gasteiger partial charge in [-0.25, -0.2) is 4.79 Å². The van der Waals surface area contributed by atoms with Gasteiger partial charge < -0.3 is 14.4 Å². The van der Waals surface area contributed by atoms with Gasteiger partial charge in [-0.2, -0.15) is 39.2 Å². The highest BCUT2D eigenvalue weighted by Gasteiger charge is 2.68. The molecule has 200 valence electrons. The van der Waals surface area contributed by atoms with Crippen LogP contribution < -0.4 is 0 Å². The monoisotopic (exact) mass is 533 g/mol. The van der Waals surface area contributed by atoms with Crippen LogP contribution in [0.15, 0.2) is 12.7 Å². The van der Waals surface area contributed by atoms with E-state index in [2.05, 4.69) is 16.1 Å². The molecule has 1 atom stereocenters. The molecule has 0 saturated heterocycles. The van der Waals surface area contributed by atoms with Crippen LogP contribution >= 0.6 is 0 Å². The molecule has 1 N–H and O–H groups in total. The molecule has 0 aromatic rings. The summed E-state index contributed by atoms with van der Waals surface area (Å²) in [6.07, 6.45) is -9.05. The second-order valence-electron chi connectivity index (χ2n) is 7.64. The second-order valence-corrected chi connectivity index (χ2v) is 9.10. The zero-order valence-electron chi connectivity index (χ0n) is 18.7. The summed E-state index contributed by atoms with van der Waals surface area (Å²) in [5.74, 6) is -13.0. The number of hydrogen-bond acceptors (Lipinski definition) is 6. The van der Waals surface area contributed by atoms with Crippen molar-refractivity contribution in [2.45, 2.75) is 82.2 Å². The van der Waals surface area contributed by atoms with Gasteiger partial charge in [0.15, 0.2) is 0 Å². The summed E-state index contributed by atoms with van der Waals surface area (Å²) in [6, 6.07) is -1.66. The number of alkyl halides is 7. The minimum atomic E-state index is -6.48. The van der Waals surface area contributed by atoms with Crippen molar-refractivity contribution in [1.82, 2.24) is 4.90 Å². The van der Waals surface area contributed by atoms with Gasteiger partial charge in [-0.3, -0.25) is 9.35 Å². The van der Waals surface area contributed by atoms with E-state index in [1.54, 1.807) is 0 Å². The molecule has 0 heterocycles. The summed E-state index contributed by atoms with van der Waals surface area (Å²) < 4.78 is 134. The number of esters is 1. The Morgan fingerprint density at radius 3 is 1.82 bits per heavy atom. The molecular weight excluding hydrogens is 507 g/mol. The van der Waals surface area contributed by atoms with Crippen molar-refractivity contribution in [3.63, 3.8) is 0 Å². The number of halogens is 7. The van der Waals surface area contributed by atoms with Crippen LogP contribution in [0, 0.1) is 0 Å². The third kappa shape index (κ3) is 7.04. The largest absolute Gasteiger partial charge is 0.466 e. The topological polar surface area (TPSA) is 110 Å². The lowest BCUT2D eigenvalue weighted by Gasteiger charge is -2.40. The minimum Gasteiger partial charge on any atom is -0.412 e. The first kappa shape index (κ1) is 32.1. The molecule has 0 fully saturated rings. The Labute approximate surface area is 191 Å². The number of rotatable bonds is 13. The van der Waals surface area contributed by atoms with Crippen LogP contribution in [-0.2, 0) is 29.2 Å². The lowest BCUT2D eigenvalue weighted by atomic mass is 10.1. The zero-order valence-corrected chi connectivity index (χ0v) is 19.5. The van der Waals surface area contributed by atoms with E-state index in [0.717, 1.165) is 0 Å². The fourth-order valence-electron chi connectivity index (χ4n) is 2.81. The number of unbranched alkanes of at least 4 members (excludes halogenated alkanes) is 1. The molecule has 0 rings (SSSR count). The SMILES string of the molecule is C=CC(=O)OC(OCCCCC(F)(F)C(F)(F)S(=O)(=O)O)(C(=O)N(C(C)C)C(C)C)C(F)(F)F. The Hall–Kier alpha value is -1.94. The predicted molar refractivity (Wildman–Crippen MR) is 103 cm³/mol. The predicted octanol–water partition coefficient (Wildman–Crippen LogP) is 3.92. The van der Waals surface area contributed by atoms with Crippen molar-refractivity contribution in [1.29, 1.82) is 0 Å². The van der Waals surface area contributed by atoms with Crippen LogP contribution in [-0.4, -0.2) is 71.6 Å². The number of carbonyl (C=O) groups excluding carboxylic acids is 2. The summed E-state index contributed by atoms with van der Waals surface area (Å²) in [5, 5.41) is -5.85. The van der Waals surface area contributed by atoms with E-state index in [-0.39, 0.29) is 0 Å². The summed E-state index contributed by atoms with van der Waals surface area (Å²) in [5.41, 5.74) is 0. The van der Waals surface area contributed by atoms with Crippen LogP contribution in [0.5, 0.6) is 0 Å². The molecule has 34 heavy (non-hydrogen) atoms. The molecular formula is C18H26F7NO7S. The summed E-state index contributed by atoms with van der Waals surface area (Å²) in [6.45, 7) is 7.21. The molecule has 0 saturated carbocycles. The van der Waals surface area contributed by atoms with Gasteiger partial charge in [-0.05, 0) is 40.5 Å². The molecule has 0 aliphatic carbocycles. The Balaban J connectivity index is 5.84. The number of amides is 1. The normalized spacial score (nSPS) is 15.2. The van der Waals surface area contributed by atoms with E-state index >= 15 is 0 Å². The van der Waals surface area contributed by atoms with Crippen molar-refractivity contribution < 1.29 is 62.8 Å². The maximum Gasteiger partial charge on any atom is 0.466 e. The molecule has 0 bridgehead atoms. The molecule has 0 aromatic carbocycles. The van der Waals surface area contributed by atoms with Gasteiger partial charge >= 0.3 is 45.1 Å². The standard InChI is InChI=1S/C18H26F7NO7S/c1-6-13(27)33-16(17(21,22)23,14(28)26(11(2)3)12(4)5)32-10-8-7-9-15(19,20)18(24,25)34(29,30)31/h6,11-12H,1,7-10H2,2-5H3,(H,29,30,31). The molecule has 0 aromatic heterocycles. The zero-order chi connectivity index (χ0) is 27.3. The quantitative estimate of drug-likeness (QED) is 0.0954. The summed E-state index contributed by atoms with van der Waals surface area (Å²) >= 11 is 0. The fourth-order valence-corrected chi connectivity index (χ4v) is 3.29. The lowest BCUT2D eigenvalue weighted by molar-refractivity contribution is -0.351. The molecule has 1 amide bonds.